The minimum absolute atomic E-state index is 0.101. The van der Waals surface area contributed by atoms with Crippen molar-refractivity contribution in [3.05, 3.63) is 48.0 Å². The van der Waals surface area contributed by atoms with Crippen molar-refractivity contribution in [3.8, 4) is 23.0 Å². The van der Waals surface area contributed by atoms with Crippen molar-refractivity contribution in [1.29, 1.82) is 0 Å². The highest BCUT2D eigenvalue weighted by Crippen LogP contribution is 2.36. The molecule has 0 spiro atoms. The van der Waals surface area contributed by atoms with Crippen LogP contribution in [0.15, 0.2) is 52.1 Å². The fourth-order valence-electron chi connectivity index (χ4n) is 2.67. The first-order valence-corrected chi connectivity index (χ1v) is 11.6. The monoisotopic (exact) mass is 447 g/mol. The number of fused-ring (bicyclic) bond motifs is 1. The molecule has 0 N–H and O–H groups in total. The summed E-state index contributed by atoms with van der Waals surface area (Å²) in [6.07, 6.45) is 1.12. The van der Waals surface area contributed by atoms with Gasteiger partial charge < -0.3 is 13.9 Å². The van der Waals surface area contributed by atoms with Gasteiger partial charge in [0.15, 0.2) is 17.3 Å². The lowest BCUT2D eigenvalue weighted by atomic mass is 10.1. The molecule has 2 heterocycles. The van der Waals surface area contributed by atoms with Gasteiger partial charge in [-0.1, -0.05) is 11.8 Å². The second-order valence-corrected chi connectivity index (χ2v) is 9.37. The van der Waals surface area contributed by atoms with Gasteiger partial charge in [-0.15, -0.1) is 10.2 Å². The van der Waals surface area contributed by atoms with Gasteiger partial charge in [0.05, 0.1) is 17.7 Å². The first kappa shape index (κ1) is 20.2. The largest absolute Gasteiger partial charge is 0.454 e. The predicted molar refractivity (Wildman–Crippen MR) is 111 cm³/mol. The van der Waals surface area contributed by atoms with Gasteiger partial charge >= 0.3 is 0 Å². The van der Waals surface area contributed by atoms with E-state index in [0.717, 1.165) is 22.3 Å². The number of nitrogens with zero attached hydrogens (tertiary/aromatic N) is 3. The van der Waals surface area contributed by atoms with Crippen molar-refractivity contribution in [2.75, 3.05) is 30.2 Å². The Balaban J connectivity index is 1.39. The number of benzene rings is 2. The molecule has 0 unspecified atom stereocenters. The van der Waals surface area contributed by atoms with Gasteiger partial charge in [0, 0.05) is 18.2 Å². The number of carbonyl (C=O) groups is 1. The quantitative estimate of drug-likeness (QED) is 0.398. The Morgan fingerprint density at radius 1 is 1.10 bits per heavy atom. The molecule has 11 heteroatoms. The molecule has 9 nitrogen and oxygen atoms in total. The Hall–Kier alpha value is -3.05. The van der Waals surface area contributed by atoms with E-state index in [4.69, 9.17) is 13.9 Å². The zero-order valence-electron chi connectivity index (χ0n) is 16.1. The molecule has 3 aromatic rings. The predicted octanol–water partition coefficient (Wildman–Crippen LogP) is 2.84. The molecule has 0 radical (unpaired) electrons. The average molecular weight is 447 g/mol. The van der Waals surface area contributed by atoms with E-state index >= 15 is 0 Å². The highest BCUT2D eigenvalue weighted by atomic mass is 32.2. The molecule has 1 aliphatic heterocycles. The van der Waals surface area contributed by atoms with Crippen LogP contribution >= 0.6 is 11.8 Å². The SMILES string of the molecule is CN(c1ccc(C(=O)CSc2nnc(-c3ccc4c(c3)OCO4)o2)cc1)S(C)(=O)=O. The molecule has 30 heavy (non-hydrogen) atoms. The molecule has 0 bridgehead atoms. The van der Waals surface area contributed by atoms with E-state index in [1.165, 1.54) is 7.05 Å². The van der Waals surface area contributed by atoms with E-state index in [1.54, 1.807) is 42.5 Å². The molecule has 4 rings (SSSR count). The van der Waals surface area contributed by atoms with Crippen molar-refractivity contribution in [2.24, 2.45) is 0 Å². The van der Waals surface area contributed by atoms with Crippen molar-refractivity contribution in [2.45, 2.75) is 5.22 Å². The van der Waals surface area contributed by atoms with Crippen LogP contribution < -0.4 is 13.8 Å². The van der Waals surface area contributed by atoms with Crippen LogP contribution in [0.3, 0.4) is 0 Å². The second-order valence-electron chi connectivity index (χ2n) is 6.43. The number of rotatable bonds is 7. The maximum atomic E-state index is 12.4. The smallest absolute Gasteiger partial charge is 0.277 e. The third-order valence-corrected chi connectivity index (χ3v) is 6.43. The summed E-state index contributed by atoms with van der Waals surface area (Å²) in [7, 11) is -1.90. The average Bonchev–Trinajstić information content (AvgIpc) is 3.39. The number of carbonyl (C=O) groups excluding carboxylic acids is 1. The van der Waals surface area contributed by atoms with Crippen molar-refractivity contribution >= 4 is 33.3 Å². The topological polar surface area (TPSA) is 112 Å². The summed E-state index contributed by atoms with van der Waals surface area (Å²) >= 11 is 1.13. The Morgan fingerprint density at radius 3 is 2.57 bits per heavy atom. The number of thioether (sulfide) groups is 1. The first-order valence-electron chi connectivity index (χ1n) is 8.75. The van der Waals surface area contributed by atoms with Crippen LogP contribution in [0.25, 0.3) is 11.5 Å². The highest BCUT2D eigenvalue weighted by Gasteiger charge is 2.18. The molecular weight excluding hydrogens is 430 g/mol. The highest BCUT2D eigenvalue weighted by molar-refractivity contribution is 7.99. The number of aromatic nitrogens is 2. The summed E-state index contributed by atoms with van der Waals surface area (Å²) in [6, 6.07) is 11.7. The Kier molecular flexibility index (Phi) is 5.39. The minimum atomic E-state index is -3.36. The summed E-state index contributed by atoms with van der Waals surface area (Å²) in [5.74, 6) is 1.55. The van der Waals surface area contributed by atoms with Crippen LogP contribution in [0.5, 0.6) is 11.5 Å². The van der Waals surface area contributed by atoms with Crippen molar-refractivity contribution in [3.63, 3.8) is 0 Å². The van der Waals surface area contributed by atoms with E-state index < -0.39 is 10.0 Å². The van der Waals surface area contributed by atoms with Gasteiger partial charge in [-0.05, 0) is 42.5 Å². The fourth-order valence-corrected chi connectivity index (χ4v) is 3.84. The van der Waals surface area contributed by atoms with Crippen LogP contribution in [0.1, 0.15) is 10.4 Å². The van der Waals surface area contributed by atoms with Crippen LogP contribution in [0.2, 0.25) is 0 Å². The number of hydrogen-bond acceptors (Lipinski definition) is 9. The Morgan fingerprint density at radius 2 is 1.83 bits per heavy atom. The molecule has 1 aliphatic rings. The summed E-state index contributed by atoms with van der Waals surface area (Å²) < 4.78 is 40.6. The molecule has 0 saturated carbocycles. The van der Waals surface area contributed by atoms with Gasteiger partial charge in [-0.3, -0.25) is 9.10 Å². The lowest BCUT2D eigenvalue weighted by molar-refractivity contribution is 0.102. The number of anilines is 1. The third-order valence-electron chi connectivity index (χ3n) is 4.40. The lowest BCUT2D eigenvalue weighted by Crippen LogP contribution is -2.24. The van der Waals surface area contributed by atoms with Gasteiger partial charge in [-0.25, -0.2) is 8.42 Å². The van der Waals surface area contributed by atoms with E-state index in [9.17, 15) is 13.2 Å². The van der Waals surface area contributed by atoms with Crippen LogP contribution in [0.4, 0.5) is 5.69 Å². The van der Waals surface area contributed by atoms with E-state index in [-0.39, 0.29) is 23.6 Å². The lowest BCUT2D eigenvalue weighted by Gasteiger charge is -2.16. The fraction of sp³-hybridized carbons (Fsp3) is 0.211. The molecule has 156 valence electrons. The maximum Gasteiger partial charge on any atom is 0.277 e. The van der Waals surface area contributed by atoms with Crippen molar-refractivity contribution < 1.29 is 27.1 Å². The van der Waals surface area contributed by atoms with Crippen molar-refractivity contribution in [1.82, 2.24) is 10.2 Å². The number of hydrogen-bond donors (Lipinski definition) is 0. The zero-order valence-corrected chi connectivity index (χ0v) is 17.7. The molecule has 0 atom stereocenters. The molecule has 0 fully saturated rings. The van der Waals surface area contributed by atoms with Gasteiger partial charge in [-0.2, -0.15) is 0 Å². The molecule has 0 amide bonds. The van der Waals surface area contributed by atoms with Crippen LogP contribution in [0, 0.1) is 0 Å². The molecular formula is C19H17N3O6S2. The van der Waals surface area contributed by atoms with Gasteiger partial charge in [0.2, 0.25) is 22.7 Å². The first-order chi connectivity index (χ1) is 14.3. The summed E-state index contributed by atoms with van der Waals surface area (Å²) in [5.41, 5.74) is 1.63. The van der Waals surface area contributed by atoms with E-state index in [0.29, 0.717) is 34.2 Å². The molecule has 2 aromatic carbocycles. The third kappa shape index (κ3) is 4.26. The summed E-state index contributed by atoms with van der Waals surface area (Å²) in [4.78, 5) is 12.4. The maximum absolute atomic E-state index is 12.4. The second kappa shape index (κ2) is 8.00. The summed E-state index contributed by atoms with van der Waals surface area (Å²) in [5, 5.41) is 8.24. The molecule has 1 aromatic heterocycles. The number of ether oxygens (including phenoxy) is 2. The van der Waals surface area contributed by atoms with Gasteiger partial charge in [0.25, 0.3) is 5.22 Å². The van der Waals surface area contributed by atoms with Crippen LogP contribution in [-0.2, 0) is 10.0 Å². The van der Waals surface area contributed by atoms with Gasteiger partial charge in [0.1, 0.15) is 0 Å². The number of sulfonamides is 1. The molecule has 0 aliphatic carbocycles. The Bertz CT molecular complexity index is 1190. The minimum Gasteiger partial charge on any atom is -0.454 e. The summed E-state index contributed by atoms with van der Waals surface area (Å²) in [6.45, 7) is 0.178. The van der Waals surface area contributed by atoms with Crippen LogP contribution in [-0.4, -0.2) is 50.2 Å². The van der Waals surface area contributed by atoms with E-state index in [1.807, 2.05) is 0 Å². The Labute approximate surface area is 177 Å². The normalized spacial score (nSPS) is 12.7. The number of ketones is 1. The number of Topliss-reactive ketones (excluding diaryl/α,β-unsaturated/α-hetero) is 1. The zero-order chi connectivity index (χ0) is 21.3. The standard InChI is InChI=1S/C19H17N3O6S2/c1-22(30(2,24)25)14-6-3-12(4-7-14)15(23)10-29-19-21-20-18(28-19)13-5-8-16-17(9-13)27-11-26-16/h3-9H,10-11H2,1-2H3. The van der Waals surface area contributed by atoms with E-state index in [2.05, 4.69) is 10.2 Å². The molecule has 0 saturated heterocycles.